The molecular formula is C21H19N3O3S. The van der Waals surface area contributed by atoms with Crippen molar-refractivity contribution in [2.75, 3.05) is 30.0 Å². The molecule has 2 unspecified atom stereocenters. The predicted octanol–water partition coefficient (Wildman–Crippen LogP) is 3.24. The van der Waals surface area contributed by atoms with Crippen molar-refractivity contribution in [3.05, 3.63) is 48.0 Å². The van der Waals surface area contributed by atoms with E-state index in [1.807, 2.05) is 37.3 Å². The molecule has 28 heavy (non-hydrogen) atoms. The van der Waals surface area contributed by atoms with Crippen LogP contribution in [0.1, 0.15) is 5.56 Å². The lowest BCUT2D eigenvalue weighted by atomic mass is 10.00. The molecule has 2 atom stereocenters. The van der Waals surface area contributed by atoms with Crippen molar-refractivity contribution >= 4 is 44.2 Å². The molecule has 0 N–H and O–H groups in total. The first kappa shape index (κ1) is 17.2. The number of aryl methyl sites for hydroxylation is 1. The van der Waals surface area contributed by atoms with E-state index >= 15 is 0 Å². The molecule has 5 rings (SSSR count). The van der Waals surface area contributed by atoms with Crippen LogP contribution < -0.4 is 14.5 Å². The first-order chi connectivity index (χ1) is 13.6. The molecule has 0 radical (unpaired) electrons. The molecule has 2 saturated heterocycles. The monoisotopic (exact) mass is 393 g/mol. The molecule has 3 heterocycles. The molecule has 2 aliphatic rings. The van der Waals surface area contributed by atoms with Gasteiger partial charge in [-0.1, -0.05) is 35.6 Å². The fourth-order valence-electron chi connectivity index (χ4n) is 4.13. The van der Waals surface area contributed by atoms with Crippen molar-refractivity contribution in [2.45, 2.75) is 6.92 Å². The van der Waals surface area contributed by atoms with Crippen LogP contribution in [0, 0.1) is 18.8 Å². The number of methoxy groups -OCH3 is 1. The van der Waals surface area contributed by atoms with Crippen LogP contribution in [0.15, 0.2) is 42.5 Å². The van der Waals surface area contributed by atoms with E-state index in [1.54, 1.807) is 30.6 Å². The molecule has 6 nitrogen and oxygen atoms in total. The van der Waals surface area contributed by atoms with Gasteiger partial charge in [0.1, 0.15) is 11.3 Å². The topological polar surface area (TPSA) is 62.7 Å². The molecule has 2 aromatic carbocycles. The first-order valence-electron chi connectivity index (χ1n) is 9.20. The minimum absolute atomic E-state index is 0.112. The number of benzene rings is 2. The van der Waals surface area contributed by atoms with Gasteiger partial charge >= 0.3 is 0 Å². The number of amides is 2. The van der Waals surface area contributed by atoms with Crippen LogP contribution in [-0.4, -0.2) is 37.0 Å². The third-order valence-corrected chi connectivity index (χ3v) is 6.84. The number of fused-ring (bicyclic) bond motifs is 2. The van der Waals surface area contributed by atoms with E-state index in [0.29, 0.717) is 18.8 Å². The highest BCUT2D eigenvalue weighted by molar-refractivity contribution is 7.22. The highest BCUT2D eigenvalue weighted by Crippen LogP contribution is 2.42. The maximum absolute atomic E-state index is 12.9. The third kappa shape index (κ3) is 2.43. The van der Waals surface area contributed by atoms with E-state index in [2.05, 4.69) is 4.90 Å². The van der Waals surface area contributed by atoms with Crippen LogP contribution in [0.2, 0.25) is 0 Å². The Balaban J connectivity index is 1.45. The van der Waals surface area contributed by atoms with Crippen molar-refractivity contribution < 1.29 is 14.3 Å². The van der Waals surface area contributed by atoms with E-state index in [-0.39, 0.29) is 23.7 Å². The lowest BCUT2D eigenvalue weighted by molar-refractivity contribution is -0.122. The Morgan fingerprint density at radius 1 is 1.04 bits per heavy atom. The number of carbonyl (C=O) groups is 2. The number of carbonyl (C=O) groups excluding carboxylic acids is 2. The van der Waals surface area contributed by atoms with Gasteiger partial charge in [0.05, 0.1) is 29.3 Å². The molecule has 2 amide bonds. The maximum Gasteiger partial charge on any atom is 0.239 e. The van der Waals surface area contributed by atoms with Crippen molar-refractivity contribution in [1.82, 2.24) is 4.98 Å². The highest BCUT2D eigenvalue weighted by Gasteiger charge is 2.53. The Bertz CT molecular complexity index is 1070. The van der Waals surface area contributed by atoms with Crippen molar-refractivity contribution in [3.63, 3.8) is 0 Å². The summed E-state index contributed by atoms with van der Waals surface area (Å²) < 4.78 is 6.52. The summed E-state index contributed by atoms with van der Waals surface area (Å²) >= 11 is 1.59. The van der Waals surface area contributed by atoms with Gasteiger partial charge in [0.15, 0.2) is 5.13 Å². The van der Waals surface area contributed by atoms with Crippen molar-refractivity contribution in [2.24, 2.45) is 11.8 Å². The van der Waals surface area contributed by atoms with E-state index in [0.717, 1.165) is 26.7 Å². The van der Waals surface area contributed by atoms with Crippen LogP contribution in [-0.2, 0) is 9.59 Å². The fourth-order valence-corrected chi connectivity index (χ4v) is 5.20. The second-order valence-electron chi connectivity index (χ2n) is 7.22. The number of anilines is 2. The number of nitrogens with zero attached hydrogens (tertiary/aromatic N) is 3. The number of ether oxygens (including phenoxy) is 1. The molecule has 7 heteroatoms. The van der Waals surface area contributed by atoms with Crippen LogP contribution in [0.3, 0.4) is 0 Å². The van der Waals surface area contributed by atoms with Gasteiger partial charge in [-0.05, 0) is 30.7 Å². The zero-order chi connectivity index (χ0) is 19.4. The molecule has 2 fully saturated rings. The molecule has 1 aromatic heterocycles. The average Bonchev–Trinajstić information content (AvgIpc) is 3.39. The highest BCUT2D eigenvalue weighted by atomic mass is 32.1. The summed E-state index contributed by atoms with van der Waals surface area (Å²) in [5.41, 5.74) is 2.63. The van der Waals surface area contributed by atoms with Gasteiger partial charge in [0.2, 0.25) is 11.8 Å². The quantitative estimate of drug-likeness (QED) is 0.640. The summed E-state index contributed by atoms with van der Waals surface area (Å²) in [5.74, 6) is -0.118. The van der Waals surface area contributed by atoms with E-state index in [9.17, 15) is 9.59 Å². The fraction of sp³-hybridized carbons (Fsp3) is 0.286. The molecular weight excluding hydrogens is 374 g/mol. The predicted molar refractivity (Wildman–Crippen MR) is 109 cm³/mol. The summed E-state index contributed by atoms with van der Waals surface area (Å²) in [4.78, 5) is 34.1. The van der Waals surface area contributed by atoms with Gasteiger partial charge in [0, 0.05) is 13.1 Å². The second kappa shape index (κ2) is 6.31. The lowest BCUT2D eigenvalue weighted by Crippen LogP contribution is -2.36. The third-order valence-electron chi connectivity index (χ3n) is 5.59. The first-order valence-corrected chi connectivity index (χ1v) is 10.0. The summed E-state index contributed by atoms with van der Waals surface area (Å²) in [5, 5.41) is 0.837. The summed E-state index contributed by atoms with van der Waals surface area (Å²) in [6, 6.07) is 13.1. The number of hydrogen-bond donors (Lipinski definition) is 0. The number of aromatic nitrogens is 1. The average molecular weight is 393 g/mol. The second-order valence-corrected chi connectivity index (χ2v) is 8.20. The Hall–Kier alpha value is -2.93. The number of imide groups is 1. The van der Waals surface area contributed by atoms with E-state index in [1.165, 1.54) is 4.90 Å². The molecule has 0 bridgehead atoms. The minimum atomic E-state index is -0.317. The summed E-state index contributed by atoms with van der Waals surface area (Å²) in [6.07, 6.45) is 0. The molecule has 0 aliphatic carbocycles. The summed E-state index contributed by atoms with van der Waals surface area (Å²) in [7, 11) is 1.64. The van der Waals surface area contributed by atoms with Gasteiger partial charge in [-0.25, -0.2) is 9.88 Å². The van der Waals surface area contributed by atoms with E-state index < -0.39 is 0 Å². The van der Waals surface area contributed by atoms with Crippen molar-refractivity contribution in [1.29, 1.82) is 0 Å². The smallest absolute Gasteiger partial charge is 0.239 e. The summed E-state index contributed by atoms with van der Waals surface area (Å²) in [6.45, 7) is 3.08. The maximum atomic E-state index is 12.9. The Morgan fingerprint density at radius 3 is 2.36 bits per heavy atom. The number of hydrogen-bond acceptors (Lipinski definition) is 6. The Morgan fingerprint density at radius 2 is 1.71 bits per heavy atom. The zero-order valence-corrected chi connectivity index (χ0v) is 16.4. The molecule has 0 saturated carbocycles. The molecule has 3 aromatic rings. The largest absolute Gasteiger partial charge is 0.494 e. The van der Waals surface area contributed by atoms with Crippen LogP contribution >= 0.6 is 11.3 Å². The van der Waals surface area contributed by atoms with E-state index in [4.69, 9.17) is 9.72 Å². The van der Waals surface area contributed by atoms with Crippen LogP contribution in [0.25, 0.3) is 10.2 Å². The molecule has 142 valence electrons. The zero-order valence-electron chi connectivity index (χ0n) is 15.6. The standard InChI is InChI=1S/C21H19N3O3S/c1-12-8-9-16(27-2)17-18(12)28-21(22-17)23-10-14-15(11-23)20(26)24(19(14)25)13-6-4-3-5-7-13/h3-9,14-15H,10-11H2,1-2H3. The molecule has 0 spiro atoms. The minimum Gasteiger partial charge on any atom is -0.494 e. The lowest BCUT2D eigenvalue weighted by Gasteiger charge is -2.20. The number of para-hydroxylation sites is 1. The number of thiazole rings is 1. The van der Waals surface area contributed by atoms with Crippen LogP contribution in [0.4, 0.5) is 10.8 Å². The van der Waals surface area contributed by atoms with Gasteiger partial charge in [-0.15, -0.1) is 0 Å². The van der Waals surface area contributed by atoms with Gasteiger partial charge in [-0.2, -0.15) is 0 Å². The van der Waals surface area contributed by atoms with Gasteiger partial charge in [-0.3, -0.25) is 9.59 Å². The normalized spacial score (nSPS) is 21.6. The Kier molecular flexibility index (Phi) is 3.87. The SMILES string of the molecule is COc1ccc(C)c2sc(N3CC4C(=O)N(c5ccccc5)C(=O)C4C3)nc12. The Labute approximate surface area is 166 Å². The van der Waals surface area contributed by atoms with Crippen LogP contribution in [0.5, 0.6) is 5.75 Å². The van der Waals surface area contributed by atoms with Gasteiger partial charge in [0.25, 0.3) is 0 Å². The van der Waals surface area contributed by atoms with Gasteiger partial charge < -0.3 is 9.64 Å². The molecule has 2 aliphatic heterocycles. The van der Waals surface area contributed by atoms with Crippen molar-refractivity contribution in [3.8, 4) is 5.75 Å². The number of rotatable bonds is 3.